The molecule has 0 aromatic carbocycles. The van der Waals surface area contributed by atoms with Crippen LogP contribution in [0.2, 0.25) is 0 Å². The van der Waals surface area contributed by atoms with Crippen molar-refractivity contribution in [3.63, 3.8) is 0 Å². The maximum Gasteiger partial charge on any atom is 0.190 e. The fraction of sp³-hybridized carbons (Fsp3) is 1.00. The highest BCUT2D eigenvalue weighted by molar-refractivity contribution is 4.62. The summed E-state index contributed by atoms with van der Waals surface area (Å²) < 4.78 is 5.19. The van der Waals surface area contributed by atoms with E-state index >= 15 is 0 Å². The molecule has 0 aliphatic rings. The minimum Gasteiger partial charge on any atom is -0.353 e. The van der Waals surface area contributed by atoms with Gasteiger partial charge in [0, 0.05) is 13.5 Å². The Kier molecular flexibility index (Phi) is 8.02. The SMILES string of the molecule is CCCCCC(OC)OOC(C)(C)CC. The van der Waals surface area contributed by atoms with Gasteiger partial charge in [0.2, 0.25) is 0 Å². The lowest BCUT2D eigenvalue weighted by Crippen LogP contribution is -2.27. The molecule has 0 saturated heterocycles. The van der Waals surface area contributed by atoms with Gasteiger partial charge in [0.05, 0.1) is 5.60 Å². The quantitative estimate of drug-likeness (QED) is 0.256. The summed E-state index contributed by atoms with van der Waals surface area (Å²) >= 11 is 0. The van der Waals surface area contributed by atoms with Gasteiger partial charge in [-0.2, -0.15) is 0 Å². The first-order valence-corrected chi connectivity index (χ1v) is 5.93. The molecule has 0 aliphatic heterocycles. The number of rotatable bonds is 9. The van der Waals surface area contributed by atoms with Gasteiger partial charge in [-0.15, -0.1) is 0 Å². The van der Waals surface area contributed by atoms with Gasteiger partial charge in [-0.1, -0.05) is 26.7 Å². The lowest BCUT2D eigenvalue weighted by molar-refractivity contribution is -0.417. The minimum absolute atomic E-state index is 0.234. The average molecular weight is 218 g/mol. The number of methoxy groups -OCH3 is 1. The van der Waals surface area contributed by atoms with Gasteiger partial charge < -0.3 is 4.74 Å². The molecule has 3 nitrogen and oxygen atoms in total. The van der Waals surface area contributed by atoms with E-state index < -0.39 is 0 Å². The molecule has 0 heterocycles. The molecule has 0 aromatic rings. The smallest absolute Gasteiger partial charge is 0.190 e. The van der Waals surface area contributed by atoms with Crippen molar-refractivity contribution in [3.8, 4) is 0 Å². The van der Waals surface area contributed by atoms with E-state index in [4.69, 9.17) is 14.5 Å². The molecular weight excluding hydrogens is 192 g/mol. The summed E-state index contributed by atoms with van der Waals surface area (Å²) in [6.45, 7) is 8.26. The lowest BCUT2D eigenvalue weighted by atomic mass is 10.1. The third-order valence-electron chi connectivity index (χ3n) is 2.54. The van der Waals surface area contributed by atoms with Crippen molar-refractivity contribution in [2.75, 3.05) is 7.11 Å². The Balaban J connectivity index is 3.69. The topological polar surface area (TPSA) is 27.7 Å². The molecule has 0 spiro atoms. The second-order valence-corrected chi connectivity index (χ2v) is 4.45. The fourth-order valence-electron chi connectivity index (χ4n) is 1.01. The van der Waals surface area contributed by atoms with Crippen molar-refractivity contribution in [3.05, 3.63) is 0 Å². The molecule has 0 radical (unpaired) electrons. The fourth-order valence-corrected chi connectivity index (χ4v) is 1.01. The van der Waals surface area contributed by atoms with E-state index in [9.17, 15) is 0 Å². The molecule has 0 aromatic heterocycles. The van der Waals surface area contributed by atoms with Gasteiger partial charge in [-0.25, -0.2) is 9.78 Å². The van der Waals surface area contributed by atoms with Crippen LogP contribution in [0.1, 0.15) is 59.8 Å². The minimum atomic E-state index is -0.235. The molecule has 92 valence electrons. The zero-order chi connectivity index (χ0) is 11.7. The summed E-state index contributed by atoms with van der Waals surface area (Å²) in [5.41, 5.74) is -0.235. The summed E-state index contributed by atoms with van der Waals surface area (Å²) in [6.07, 6.45) is 5.10. The largest absolute Gasteiger partial charge is 0.353 e. The van der Waals surface area contributed by atoms with E-state index in [1.165, 1.54) is 12.8 Å². The van der Waals surface area contributed by atoms with E-state index in [-0.39, 0.29) is 11.9 Å². The van der Waals surface area contributed by atoms with Gasteiger partial charge >= 0.3 is 0 Å². The van der Waals surface area contributed by atoms with Crippen molar-refractivity contribution >= 4 is 0 Å². The van der Waals surface area contributed by atoms with Crippen molar-refractivity contribution < 1.29 is 14.5 Å². The molecule has 3 heteroatoms. The maximum atomic E-state index is 5.34. The van der Waals surface area contributed by atoms with Crippen LogP contribution in [0.5, 0.6) is 0 Å². The van der Waals surface area contributed by atoms with E-state index in [2.05, 4.69) is 13.8 Å². The van der Waals surface area contributed by atoms with Crippen molar-refractivity contribution in [2.24, 2.45) is 0 Å². The Morgan fingerprint density at radius 1 is 1.13 bits per heavy atom. The highest BCUT2D eigenvalue weighted by Crippen LogP contribution is 2.17. The van der Waals surface area contributed by atoms with Crippen LogP contribution in [0.15, 0.2) is 0 Å². The summed E-state index contributed by atoms with van der Waals surface area (Å²) in [4.78, 5) is 10.6. The van der Waals surface area contributed by atoms with Gasteiger partial charge in [0.25, 0.3) is 0 Å². The Bertz CT molecular complexity index is 146. The number of hydrogen-bond donors (Lipinski definition) is 0. The molecule has 0 bridgehead atoms. The molecule has 0 amide bonds. The molecule has 15 heavy (non-hydrogen) atoms. The third-order valence-corrected chi connectivity index (χ3v) is 2.54. The van der Waals surface area contributed by atoms with E-state index in [1.54, 1.807) is 7.11 Å². The third kappa shape index (κ3) is 7.77. The zero-order valence-corrected chi connectivity index (χ0v) is 10.8. The predicted molar refractivity (Wildman–Crippen MR) is 61.5 cm³/mol. The van der Waals surface area contributed by atoms with Crippen molar-refractivity contribution in [1.29, 1.82) is 0 Å². The second-order valence-electron chi connectivity index (χ2n) is 4.45. The first kappa shape index (κ1) is 14.9. The molecule has 1 unspecified atom stereocenters. The van der Waals surface area contributed by atoms with Gasteiger partial charge in [-0.3, -0.25) is 0 Å². The van der Waals surface area contributed by atoms with Crippen LogP contribution in [0, 0.1) is 0 Å². The molecule has 0 N–H and O–H groups in total. The van der Waals surface area contributed by atoms with Crippen molar-refractivity contribution in [1.82, 2.24) is 0 Å². The molecular formula is C12H26O3. The van der Waals surface area contributed by atoms with Crippen LogP contribution < -0.4 is 0 Å². The maximum absolute atomic E-state index is 5.34. The first-order valence-electron chi connectivity index (χ1n) is 5.93. The number of ether oxygens (including phenoxy) is 1. The lowest BCUT2D eigenvalue weighted by Gasteiger charge is -2.24. The van der Waals surface area contributed by atoms with Crippen LogP contribution >= 0.6 is 0 Å². The molecule has 1 atom stereocenters. The van der Waals surface area contributed by atoms with Crippen LogP contribution in [-0.2, 0) is 14.5 Å². The van der Waals surface area contributed by atoms with Crippen LogP contribution in [0.3, 0.4) is 0 Å². The summed E-state index contributed by atoms with van der Waals surface area (Å²) in [5, 5.41) is 0. The van der Waals surface area contributed by atoms with Gasteiger partial charge in [0.15, 0.2) is 6.29 Å². The van der Waals surface area contributed by atoms with Crippen LogP contribution in [-0.4, -0.2) is 19.0 Å². The van der Waals surface area contributed by atoms with Crippen molar-refractivity contribution in [2.45, 2.75) is 71.7 Å². The second kappa shape index (κ2) is 8.08. The highest BCUT2D eigenvalue weighted by atomic mass is 17.2. The van der Waals surface area contributed by atoms with E-state index in [1.807, 2.05) is 13.8 Å². The highest BCUT2D eigenvalue weighted by Gasteiger charge is 2.19. The Morgan fingerprint density at radius 3 is 2.27 bits per heavy atom. The summed E-state index contributed by atoms with van der Waals surface area (Å²) in [5.74, 6) is 0. The molecule has 0 rings (SSSR count). The Morgan fingerprint density at radius 2 is 1.80 bits per heavy atom. The van der Waals surface area contributed by atoms with Crippen LogP contribution in [0.25, 0.3) is 0 Å². The predicted octanol–water partition coefficient (Wildman–Crippen LogP) is 3.68. The van der Waals surface area contributed by atoms with Gasteiger partial charge in [-0.05, 0) is 26.7 Å². The average Bonchev–Trinajstić information content (AvgIpc) is 2.23. The Hall–Kier alpha value is -0.120. The Labute approximate surface area is 94.0 Å². The zero-order valence-electron chi connectivity index (χ0n) is 10.8. The standard InChI is InChI=1S/C12H26O3/c1-6-8-9-10-11(13-5)14-15-12(3,4)7-2/h11H,6-10H2,1-5H3. The molecule has 0 aliphatic carbocycles. The molecule has 0 fully saturated rings. The number of unbranched alkanes of at least 4 members (excludes halogenated alkanes) is 2. The summed E-state index contributed by atoms with van der Waals surface area (Å²) in [7, 11) is 1.65. The monoisotopic (exact) mass is 218 g/mol. The van der Waals surface area contributed by atoms with E-state index in [0.29, 0.717) is 0 Å². The van der Waals surface area contributed by atoms with E-state index in [0.717, 1.165) is 19.3 Å². The summed E-state index contributed by atoms with van der Waals surface area (Å²) in [6, 6.07) is 0. The molecule has 0 saturated carbocycles. The normalized spacial score (nSPS) is 14.2. The van der Waals surface area contributed by atoms with Crippen LogP contribution in [0.4, 0.5) is 0 Å². The number of hydrogen-bond acceptors (Lipinski definition) is 3. The van der Waals surface area contributed by atoms with Gasteiger partial charge in [0.1, 0.15) is 0 Å². The first-order chi connectivity index (χ1) is 7.05.